The maximum absolute atomic E-state index is 11.8. The molecule has 0 saturated heterocycles. The Labute approximate surface area is 156 Å². The number of hydrogen-bond donors (Lipinski definition) is 3. The van der Waals surface area contributed by atoms with Gasteiger partial charge in [-0.2, -0.15) is 0 Å². The average molecular weight is 366 g/mol. The van der Waals surface area contributed by atoms with Crippen LogP contribution in [0.25, 0.3) is 22.2 Å². The fourth-order valence-corrected chi connectivity index (χ4v) is 3.68. The lowest BCUT2D eigenvalue weighted by Gasteiger charge is -2.08. The molecule has 2 heterocycles. The average Bonchev–Trinajstić information content (AvgIpc) is 3.26. The van der Waals surface area contributed by atoms with Gasteiger partial charge in [0.15, 0.2) is 11.5 Å². The highest BCUT2D eigenvalue weighted by Gasteiger charge is 2.22. The van der Waals surface area contributed by atoms with Gasteiger partial charge in [-0.05, 0) is 68.1 Å². The van der Waals surface area contributed by atoms with Crippen molar-refractivity contribution >= 4 is 16.9 Å². The second kappa shape index (κ2) is 6.96. The highest BCUT2D eigenvalue weighted by Crippen LogP contribution is 2.40. The van der Waals surface area contributed by atoms with Gasteiger partial charge in [0.1, 0.15) is 0 Å². The minimum Gasteiger partial charge on any atom is -0.478 e. The number of carboxylic acids is 1. The fraction of sp³-hybridized carbons (Fsp3) is 0.286. The van der Waals surface area contributed by atoms with Gasteiger partial charge < -0.3 is 25.3 Å². The summed E-state index contributed by atoms with van der Waals surface area (Å²) >= 11 is 0. The summed E-state index contributed by atoms with van der Waals surface area (Å²) < 4.78 is 10.9. The van der Waals surface area contributed by atoms with E-state index in [0.29, 0.717) is 17.9 Å². The SMILES string of the molecule is Cc1ccc(C(=O)O)c2c(CCCCN)c(-c3ccc4c(c3)OCO4)[nH]c12. The quantitative estimate of drug-likeness (QED) is 0.576. The number of aromatic amines is 1. The van der Waals surface area contributed by atoms with Crippen LogP contribution in [0.5, 0.6) is 11.5 Å². The van der Waals surface area contributed by atoms with Gasteiger partial charge in [0.05, 0.1) is 5.56 Å². The van der Waals surface area contributed by atoms with Gasteiger partial charge >= 0.3 is 5.97 Å². The van der Waals surface area contributed by atoms with Gasteiger partial charge in [-0.1, -0.05) is 6.07 Å². The predicted molar refractivity (Wildman–Crippen MR) is 104 cm³/mol. The molecule has 0 fully saturated rings. The van der Waals surface area contributed by atoms with E-state index < -0.39 is 5.97 Å². The van der Waals surface area contributed by atoms with Crippen LogP contribution in [0.1, 0.15) is 34.3 Å². The molecule has 2 aromatic carbocycles. The van der Waals surface area contributed by atoms with Crippen LogP contribution < -0.4 is 15.2 Å². The van der Waals surface area contributed by atoms with Crippen LogP contribution in [-0.2, 0) is 6.42 Å². The molecule has 6 heteroatoms. The number of ether oxygens (including phenoxy) is 2. The van der Waals surface area contributed by atoms with Crippen molar-refractivity contribution in [2.45, 2.75) is 26.2 Å². The van der Waals surface area contributed by atoms with E-state index in [2.05, 4.69) is 4.98 Å². The number of aromatic nitrogens is 1. The zero-order valence-electron chi connectivity index (χ0n) is 15.2. The van der Waals surface area contributed by atoms with Gasteiger partial charge in [-0.25, -0.2) is 4.79 Å². The number of H-pyrrole nitrogens is 1. The summed E-state index contributed by atoms with van der Waals surface area (Å²) in [5.74, 6) is 0.507. The Kier molecular flexibility index (Phi) is 4.49. The number of hydrogen-bond acceptors (Lipinski definition) is 4. The van der Waals surface area contributed by atoms with Crippen molar-refractivity contribution in [3.63, 3.8) is 0 Å². The molecule has 4 N–H and O–H groups in total. The minimum absolute atomic E-state index is 0.219. The first kappa shape index (κ1) is 17.4. The first-order chi connectivity index (χ1) is 13.1. The second-order valence-corrected chi connectivity index (χ2v) is 6.78. The van der Waals surface area contributed by atoms with Crippen molar-refractivity contribution in [3.8, 4) is 22.8 Å². The Morgan fingerprint density at radius 2 is 2.00 bits per heavy atom. The molecule has 0 amide bonds. The Balaban J connectivity index is 1.93. The highest BCUT2D eigenvalue weighted by molar-refractivity contribution is 6.07. The predicted octanol–water partition coefficient (Wildman–Crippen LogP) is 3.85. The number of unbranched alkanes of at least 4 members (excludes halogenated alkanes) is 1. The topological polar surface area (TPSA) is 97.6 Å². The third-order valence-corrected chi connectivity index (χ3v) is 5.04. The zero-order valence-corrected chi connectivity index (χ0v) is 15.2. The molecule has 0 spiro atoms. The van der Waals surface area contributed by atoms with Crippen LogP contribution in [-0.4, -0.2) is 29.4 Å². The first-order valence-electron chi connectivity index (χ1n) is 9.07. The summed E-state index contributed by atoms with van der Waals surface area (Å²) in [5, 5.41) is 10.5. The van der Waals surface area contributed by atoms with E-state index in [1.165, 1.54) is 0 Å². The number of aromatic carboxylic acids is 1. The maximum Gasteiger partial charge on any atom is 0.336 e. The van der Waals surface area contributed by atoms with E-state index in [1.807, 2.05) is 31.2 Å². The summed E-state index contributed by atoms with van der Waals surface area (Å²) in [6.07, 6.45) is 2.54. The standard InChI is InChI=1S/C21H22N2O4/c1-12-5-7-15(21(24)25)18-14(4-2-3-9-22)20(23-19(12)18)13-6-8-16-17(10-13)27-11-26-16/h5-8,10,23H,2-4,9,11,22H2,1H3,(H,24,25). The number of nitrogens with one attached hydrogen (secondary N) is 1. The molecule has 0 saturated carbocycles. The van der Waals surface area contributed by atoms with Gasteiger partial charge in [0.25, 0.3) is 0 Å². The molecule has 3 aromatic rings. The largest absolute Gasteiger partial charge is 0.478 e. The first-order valence-corrected chi connectivity index (χ1v) is 9.07. The molecule has 0 unspecified atom stereocenters. The summed E-state index contributed by atoms with van der Waals surface area (Å²) in [4.78, 5) is 15.3. The molecule has 4 rings (SSSR count). The number of benzene rings is 2. The minimum atomic E-state index is -0.920. The number of carboxylic acid groups (broad SMARTS) is 1. The monoisotopic (exact) mass is 366 g/mol. The summed E-state index contributed by atoms with van der Waals surface area (Å²) in [6, 6.07) is 9.33. The normalized spacial score (nSPS) is 12.7. The van der Waals surface area contributed by atoms with Crippen molar-refractivity contribution in [1.82, 2.24) is 4.98 Å². The number of rotatable bonds is 6. The number of carbonyl (C=O) groups is 1. The van der Waals surface area contributed by atoms with E-state index in [9.17, 15) is 9.90 Å². The van der Waals surface area contributed by atoms with Gasteiger partial charge in [0, 0.05) is 22.2 Å². The fourth-order valence-electron chi connectivity index (χ4n) is 3.68. The van der Waals surface area contributed by atoms with Crippen LogP contribution in [0, 0.1) is 6.92 Å². The Hall–Kier alpha value is -2.99. The molecule has 27 heavy (non-hydrogen) atoms. The molecule has 0 radical (unpaired) electrons. The van der Waals surface area contributed by atoms with Crippen LogP contribution in [0.2, 0.25) is 0 Å². The molecule has 0 aliphatic carbocycles. The van der Waals surface area contributed by atoms with Crippen LogP contribution in [0.3, 0.4) is 0 Å². The highest BCUT2D eigenvalue weighted by atomic mass is 16.7. The Morgan fingerprint density at radius 1 is 1.19 bits per heavy atom. The van der Waals surface area contributed by atoms with E-state index >= 15 is 0 Å². The van der Waals surface area contributed by atoms with E-state index in [1.54, 1.807) is 6.07 Å². The molecule has 140 valence electrons. The van der Waals surface area contributed by atoms with Crippen LogP contribution in [0.15, 0.2) is 30.3 Å². The molecular weight excluding hydrogens is 344 g/mol. The number of nitrogens with two attached hydrogens (primary N) is 1. The Bertz CT molecular complexity index is 1020. The molecule has 0 bridgehead atoms. The van der Waals surface area contributed by atoms with E-state index in [-0.39, 0.29) is 6.79 Å². The molecule has 6 nitrogen and oxygen atoms in total. The zero-order chi connectivity index (χ0) is 19.0. The maximum atomic E-state index is 11.8. The van der Waals surface area contributed by atoms with E-state index in [0.717, 1.165) is 58.3 Å². The van der Waals surface area contributed by atoms with Crippen molar-refractivity contribution in [2.24, 2.45) is 5.73 Å². The Morgan fingerprint density at radius 3 is 2.78 bits per heavy atom. The molecule has 1 aliphatic rings. The third-order valence-electron chi connectivity index (χ3n) is 5.04. The van der Waals surface area contributed by atoms with Gasteiger partial charge in [0.2, 0.25) is 6.79 Å². The van der Waals surface area contributed by atoms with Crippen LogP contribution in [0.4, 0.5) is 0 Å². The van der Waals surface area contributed by atoms with Crippen molar-refractivity contribution in [2.75, 3.05) is 13.3 Å². The van der Waals surface area contributed by atoms with Crippen molar-refractivity contribution in [1.29, 1.82) is 0 Å². The number of fused-ring (bicyclic) bond motifs is 2. The smallest absolute Gasteiger partial charge is 0.336 e. The third kappa shape index (κ3) is 3.02. The summed E-state index contributed by atoms with van der Waals surface area (Å²) in [7, 11) is 0. The van der Waals surface area contributed by atoms with Crippen molar-refractivity contribution in [3.05, 3.63) is 47.0 Å². The molecular formula is C21H22N2O4. The van der Waals surface area contributed by atoms with Crippen molar-refractivity contribution < 1.29 is 19.4 Å². The molecule has 1 aromatic heterocycles. The molecule has 0 atom stereocenters. The van der Waals surface area contributed by atoms with Crippen LogP contribution >= 0.6 is 0 Å². The lowest BCUT2D eigenvalue weighted by molar-refractivity contribution is 0.0699. The number of aryl methyl sites for hydroxylation is 2. The van der Waals surface area contributed by atoms with E-state index in [4.69, 9.17) is 15.2 Å². The second-order valence-electron chi connectivity index (χ2n) is 6.78. The lowest BCUT2D eigenvalue weighted by atomic mass is 9.96. The van der Waals surface area contributed by atoms with Gasteiger partial charge in [-0.15, -0.1) is 0 Å². The molecule has 1 aliphatic heterocycles. The lowest BCUT2D eigenvalue weighted by Crippen LogP contribution is -2.01. The van der Waals surface area contributed by atoms with Gasteiger partial charge in [-0.3, -0.25) is 0 Å². The summed E-state index contributed by atoms with van der Waals surface area (Å²) in [6.45, 7) is 2.82. The summed E-state index contributed by atoms with van der Waals surface area (Å²) in [5.41, 5.74) is 10.8.